The van der Waals surface area contributed by atoms with E-state index in [1.807, 2.05) is 56.3 Å². The monoisotopic (exact) mass is 521 g/mol. The number of carbonyl (C=O) groups is 2. The molecule has 0 saturated heterocycles. The summed E-state index contributed by atoms with van der Waals surface area (Å²) < 4.78 is 0. The van der Waals surface area contributed by atoms with Crippen molar-refractivity contribution in [2.45, 2.75) is 39.7 Å². The first kappa shape index (κ1) is 25.9. The molecule has 1 N–H and O–H groups in total. The van der Waals surface area contributed by atoms with E-state index in [9.17, 15) is 9.59 Å². The standard InChI is InChI=1S/C29H29Cl2N3O2/c1-4-18(3)27-29(36)34(17-26(35)32-21-13-10-19(5-2)11-14-21)25-15-12-20(30)16-23(25)28(33-27)22-8-6-7-9-24(22)31/h6-16,18,27H,4-5,17H2,1-3H3,(H,32,35)/t18-,27-/m0/s1. The summed E-state index contributed by atoms with van der Waals surface area (Å²) in [4.78, 5) is 33.5. The molecule has 0 aliphatic carbocycles. The first-order chi connectivity index (χ1) is 17.3. The summed E-state index contributed by atoms with van der Waals surface area (Å²) in [5.41, 5.74) is 4.41. The molecular formula is C29H29Cl2N3O2. The van der Waals surface area contributed by atoms with Crippen LogP contribution in [0.15, 0.2) is 71.7 Å². The topological polar surface area (TPSA) is 61.8 Å². The Morgan fingerprint density at radius 2 is 1.75 bits per heavy atom. The first-order valence-electron chi connectivity index (χ1n) is 12.1. The van der Waals surface area contributed by atoms with Crippen molar-refractivity contribution >= 4 is 52.1 Å². The third kappa shape index (κ3) is 5.48. The average Bonchev–Trinajstić information content (AvgIpc) is 2.99. The third-order valence-electron chi connectivity index (χ3n) is 6.55. The maximum Gasteiger partial charge on any atom is 0.252 e. The smallest absolute Gasteiger partial charge is 0.252 e. The van der Waals surface area contributed by atoms with Crippen LogP contribution in [0.3, 0.4) is 0 Å². The Balaban J connectivity index is 1.77. The Kier molecular flexibility index (Phi) is 8.12. The van der Waals surface area contributed by atoms with E-state index in [0.717, 1.165) is 12.8 Å². The van der Waals surface area contributed by atoms with Crippen LogP contribution in [0, 0.1) is 5.92 Å². The number of amides is 2. The van der Waals surface area contributed by atoms with Gasteiger partial charge >= 0.3 is 0 Å². The van der Waals surface area contributed by atoms with Gasteiger partial charge in [0.05, 0.1) is 11.4 Å². The molecule has 0 radical (unpaired) electrons. The van der Waals surface area contributed by atoms with Crippen molar-refractivity contribution in [3.05, 3.63) is 93.5 Å². The average molecular weight is 522 g/mol. The zero-order valence-electron chi connectivity index (χ0n) is 20.6. The van der Waals surface area contributed by atoms with Gasteiger partial charge in [-0.2, -0.15) is 0 Å². The summed E-state index contributed by atoms with van der Waals surface area (Å²) >= 11 is 13.0. The fourth-order valence-electron chi connectivity index (χ4n) is 4.27. The number of benzodiazepines with no additional fused rings is 1. The predicted octanol–water partition coefficient (Wildman–Crippen LogP) is 6.79. The van der Waals surface area contributed by atoms with E-state index in [0.29, 0.717) is 38.3 Å². The minimum absolute atomic E-state index is 0.0491. The molecule has 3 aromatic rings. The number of nitrogens with one attached hydrogen (secondary N) is 1. The molecule has 0 unspecified atom stereocenters. The minimum Gasteiger partial charge on any atom is -0.325 e. The van der Waals surface area contributed by atoms with E-state index in [4.69, 9.17) is 28.2 Å². The largest absolute Gasteiger partial charge is 0.325 e. The molecule has 0 saturated carbocycles. The maximum atomic E-state index is 13.9. The summed E-state index contributed by atoms with van der Waals surface area (Å²) in [6, 6.07) is 19.7. The Morgan fingerprint density at radius 1 is 1.03 bits per heavy atom. The number of aliphatic imine (C=N–C) groups is 1. The third-order valence-corrected chi connectivity index (χ3v) is 7.12. The lowest BCUT2D eigenvalue weighted by molar-refractivity contribution is -0.123. The normalized spacial score (nSPS) is 16.1. The van der Waals surface area contributed by atoms with Crippen LogP contribution in [0.5, 0.6) is 0 Å². The number of hydrogen-bond acceptors (Lipinski definition) is 3. The molecule has 0 fully saturated rings. The van der Waals surface area contributed by atoms with Crippen molar-refractivity contribution < 1.29 is 9.59 Å². The van der Waals surface area contributed by atoms with Crippen molar-refractivity contribution in [2.75, 3.05) is 16.8 Å². The van der Waals surface area contributed by atoms with Gasteiger partial charge in [0.15, 0.2) is 0 Å². The van der Waals surface area contributed by atoms with Crippen LogP contribution in [0.2, 0.25) is 10.0 Å². The van der Waals surface area contributed by atoms with Crippen LogP contribution in [0.25, 0.3) is 0 Å². The zero-order valence-corrected chi connectivity index (χ0v) is 22.1. The van der Waals surface area contributed by atoms with Crippen molar-refractivity contribution in [3.8, 4) is 0 Å². The van der Waals surface area contributed by atoms with Gasteiger partial charge in [0.25, 0.3) is 5.91 Å². The first-order valence-corrected chi connectivity index (χ1v) is 12.9. The van der Waals surface area contributed by atoms with Gasteiger partial charge in [0.2, 0.25) is 5.91 Å². The van der Waals surface area contributed by atoms with Gasteiger partial charge in [0, 0.05) is 26.9 Å². The molecule has 7 heteroatoms. The molecule has 1 aliphatic heterocycles. The number of fused-ring (bicyclic) bond motifs is 1. The molecule has 1 heterocycles. The Morgan fingerprint density at radius 3 is 2.42 bits per heavy atom. The molecule has 5 nitrogen and oxygen atoms in total. The number of hydrogen-bond donors (Lipinski definition) is 1. The molecule has 3 aromatic carbocycles. The highest BCUT2D eigenvalue weighted by Gasteiger charge is 2.36. The molecule has 0 bridgehead atoms. The van der Waals surface area contributed by atoms with Gasteiger partial charge in [-0.1, -0.05) is 80.7 Å². The zero-order chi connectivity index (χ0) is 25.8. The van der Waals surface area contributed by atoms with Gasteiger partial charge in [-0.15, -0.1) is 0 Å². The molecular weight excluding hydrogens is 493 g/mol. The van der Waals surface area contributed by atoms with Gasteiger partial charge in [-0.3, -0.25) is 14.6 Å². The van der Waals surface area contributed by atoms with E-state index in [-0.39, 0.29) is 24.3 Å². The van der Waals surface area contributed by atoms with Crippen molar-refractivity contribution in [1.82, 2.24) is 0 Å². The molecule has 1 aliphatic rings. The molecule has 0 aromatic heterocycles. The molecule has 0 spiro atoms. The van der Waals surface area contributed by atoms with Gasteiger partial charge in [0.1, 0.15) is 12.6 Å². The highest BCUT2D eigenvalue weighted by molar-refractivity contribution is 6.37. The highest BCUT2D eigenvalue weighted by atomic mass is 35.5. The second-order valence-corrected chi connectivity index (χ2v) is 9.82. The molecule has 186 valence electrons. The fourth-order valence-corrected chi connectivity index (χ4v) is 4.67. The van der Waals surface area contributed by atoms with Gasteiger partial charge in [-0.25, -0.2) is 0 Å². The van der Waals surface area contributed by atoms with Crippen LogP contribution in [-0.4, -0.2) is 30.1 Å². The lowest BCUT2D eigenvalue weighted by atomic mass is 9.97. The number of carbonyl (C=O) groups excluding carboxylic acids is 2. The van der Waals surface area contributed by atoms with E-state index in [1.165, 1.54) is 10.5 Å². The maximum absolute atomic E-state index is 13.9. The summed E-state index contributed by atoms with van der Waals surface area (Å²) in [7, 11) is 0. The summed E-state index contributed by atoms with van der Waals surface area (Å²) in [5, 5.41) is 3.95. The quantitative estimate of drug-likeness (QED) is 0.371. The lowest BCUT2D eigenvalue weighted by Crippen LogP contribution is -2.44. The van der Waals surface area contributed by atoms with E-state index in [1.54, 1.807) is 24.3 Å². The van der Waals surface area contributed by atoms with Crippen LogP contribution in [0.4, 0.5) is 11.4 Å². The molecule has 36 heavy (non-hydrogen) atoms. The molecule has 4 rings (SSSR count). The molecule has 2 amide bonds. The van der Waals surface area contributed by atoms with E-state index >= 15 is 0 Å². The summed E-state index contributed by atoms with van der Waals surface area (Å²) in [6.45, 7) is 5.94. The minimum atomic E-state index is -0.677. The number of nitrogens with zero attached hydrogens (tertiary/aromatic N) is 2. The lowest BCUT2D eigenvalue weighted by Gasteiger charge is -2.26. The fraction of sp³-hybridized carbons (Fsp3) is 0.276. The van der Waals surface area contributed by atoms with E-state index < -0.39 is 6.04 Å². The van der Waals surface area contributed by atoms with Crippen LogP contribution in [0.1, 0.15) is 43.9 Å². The molecule has 2 atom stereocenters. The van der Waals surface area contributed by atoms with Crippen molar-refractivity contribution in [3.63, 3.8) is 0 Å². The summed E-state index contributed by atoms with van der Waals surface area (Å²) in [6.07, 6.45) is 1.66. The second kappa shape index (κ2) is 11.3. The Hall–Kier alpha value is -3.15. The number of halogens is 2. The van der Waals surface area contributed by atoms with Crippen molar-refractivity contribution in [1.29, 1.82) is 0 Å². The number of rotatable bonds is 7. The Labute approximate surface area is 222 Å². The number of anilines is 2. The number of aryl methyl sites for hydroxylation is 1. The second-order valence-electron chi connectivity index (χ2n) is 8.97. The predicted molar refractivity (Wildman–Crippen MR) is 149 cm³/mol. The van der Waals surface area contributed by atoms with E-state index in [2.05, 4.69) is 12.2 Å². The van der Waals surface area contributed by atoms with Crippen molar-refractivity contribution in [2.24, 2.45) is 10.9 Å². The SMILES string of the molecule is CCc1ccc(NC(=O)CN2C(=O)[C@H]([C@@H](C)CC)N=C(c3ccccc3Cl)c3cc(Cl)ccc32)cc1. The highest BCUT2D eigenvalue weighted by Crippen LogP contribution is 2.34. The van der Waals surface area contributed by atoms with Crippen LogP contribution in [-0.2, 0) is 16.0 Å². The summed E-state index contributed by atoms with van der Waals surface area (Å²) in [5.74, 6) is -0.573. The number of benzene rings is 3. The van der Waals surface area contributed by atoms with Gasteiger partial charge in [-0.05, 0) is 54.3 Å². The van der Waals surface area contributed by atoms with Crippen LogP contribution < -0.4 is 10.2 Å². The van der Waals surface area contributed by atoms with Gasteiger partial charge < -0.3 is 10.2 Å². The van der Waals surface area contributed by atoms with Crippen LogP contribution >= 0.6 is 23.2 Å². The Bertz CT molecular complexity index is 1300.